The first-order chi connectivity index (χ1) is 6.72. The van der Waals surface area contributed by atoms with Crippen molar-refractivity contribution in [3.05, 3.63) is 18.0 Å². The molecule has 0 aromatic carbocycles. The number of aromatic nitrogens is 2. The highest BCUT2D eigenvalue weighted by Crippen LogP contribution is 2.34. The first-order valence-electron chi connectivity index (χ1n) is 4.69. The molecule has 1 fully saturated rings. The molecule has 1 aromatic rings. The summed E-state index contributed by atoms with van der Waals surface area (Å²) >= 11 is 0. The van der Waals surface area contributed by atoms with Gasteiger partial charge in [0.2, 0.25) is 0 Å². The number of carboxylic acid groups (broad SMARTS) is 1. The number of aliphatic carboxylic acids is 1. The molecule has 1 heterocycles. The van der Waals surface area contributed by atoms with E-state index in [1.54, 1.807) is 12.4 Å². The van der Waals surface area contributed by atoms with Crippen LogP contribution in [0.5, 0.6) is 0 Å². The minimum atomic E-state index is -0.886. The second-order valence-electron chi connectivity index (χ2n) is 3.61. The van der Waals surface area contributed by atoms with Crippen molar-refractivity contribution in [2.24, 2.45) is 5.73 Å². The van der Waals surface area contributed by atoms with Crippen LogP contribution in [0, 0.1) is 0 Å². The van der Waals surface area contributed by atoms with Crippen LogP contribution in [0.4, 0.5) is 0 Å². The lowest BCUT2D eigenvalue weighted by molar-refractivity contribution is -0.138. The van der Waals surface area contributed by atoms with Crippen molar-refractivity contribution in [2.75, 3.05) is 6.54 Å². The van der Waals surface area contributed by atoms with Crippen LogP contribution in [0.15, 0.2) is 12.4 Å². The second-order valence-corrected chi connectivity index (χ2v) is 3.61. The average molecular weight is 195 g/mol. The third-order valence-corrected chi connectivity index (χ3v) is 2.48. The van der Waals surface area contributed by atoms with E-state index in [9.17, 15) is 4.79 Å². The highest BCUT2D eigenvalue weighted by atomic mass is 16.4. The summed E-state index contributed by atoms with van der Waals surface area (Å²) < 4.78 is 1.83. The van der Waals surface area contributed by atoms with Crippen LogP contribution in [0.1, 0.15) is 30.4 Å². The van der Waals surface area contributed by atoms with E-state index in [1.165, 1.54) is 0 Å². The van der Waals surface area contributed by atoms with Crippen LogP contribution in [-0.4, -0.2) is 27.4 Å². The van der Waals surface area contributed by atoms with Crippen LogP contribution in [0.2, 0.25) is 0 Å². The van der Waals surface area contributed by atoms with Gasteiger partial charge in [0.1, 0.15) is 0 Å². The van der Waals surface area contributed by atoms with Gasteiger partial charge < -0.3 is 10.8 Å². The number of rotatable bonds is 4. The van der Waals surface area contributed by atoms with E-state index in [0.717, 1.165) is 12.8 Å². The number of nitrogens with zero attached hydrogens (tertiary/aromatic N) is 2. The van der Waals surface area contributed by atoms with Gasteiger partial charge >= 0.3 is 5.97 Å². The number of carbonyl (C=O) groups is 1. The Balaban J connectivity index is 2.17. The second kappa shape index (κ2) is 3.42. The van der Waals surface area contributed by atoms with E-state index in [1.807, 2.05) is 4.68 Å². The fourth-order valence-corrected chi connectivity index (χ4v) is 1.45. The third-order valence-electron chi connectivity index (χ3n) is 2.48. The molecule has 1 aliphatic carbocycles. The number of carboxylic acids is 1. The maximum Gasteiger partial charge on any atom is 0.312 e. The summed E-state index contributed by atoms with van der Waals surface area (Å²) in [6, 6.07) is 0.482. The highest BCUT2D eigenvalue weighted by Gasteiger charge is 2.26. The summed E-state index contributed by atoms with van der Waals surface area (Å²) in [6.07, 6.45) is 5.68. The van der Waals surface area contributed by atoms with Gasteiger partial charge in [-0.15, -0.1) is 0 Å². The van der Waals surface area contributed by atoms with Crippen molar-refractivity contribution in [3.8, 4) is 0 Å². The van der Waals surface area contributed by atoms with Crippen molar-refractivity contribution in [3.63, 3.8) is 0 Å². The predicted octanol–water partition coefficient (Wildman–Crippen LogP) is 0.345. The SMILES string of the molecule is NCC(C(=O)O)c1cnn(C2CC2)c1. The molecule has 14 heavy (non-hydrogen) atoms. The maximum atomic E-state index is 10.8. The van der Waals surface area contributed by atoms with Crippen LogP contribution in [0.3, 0.4) is 0 Å². The molecule has 1 saturated carbocycles. The molecule has 1 aromatic heterocycles. The highest BCUT2D eigenvalue weighted by molar-refractivity contribution is 5.76. The summed E-state index contributed by atoms with van der Waals surface area (Å²) in [4.78, 5) is 10.8. The van der Waals surface area contributed by atoms with E-state index < -0.39 is 11.9 Å². The van der Waals surface area contributed by atoms with Gasteiger partial charge in [-0.2, -0.15) is 5.10 Å². The van der Waals surface area contributed by atoms with Crippen LogP contribution in [0.25, 0.3) is 0 Å². The van der Waals surface area contributed by atoms with E-state index in [-0.39, 0.29) is 6.54 Å². The molecule has 0 radical (unpaired) electrons. The van der Waals surface area contributed by atoms with Gasteiger partial charge in [0.25, 0.3) is 0 Å². The smallest absolute Gasteiger partial charge is 0.312 e. The molecule has 1 unspecified atom stereocenters. The largest absolute Gasteiger partial charge is 0.481 e. The Kier molecular flexibility index (Phi) is 2.25. The van der Waals surface area contributed by atoms with Crippen molar-refractivity contribution in [1.82, 2.24) is 9.78 Å². The minimum absolute atomic E-state index is 0.117. The molecule has 76 valence electrons. The molecule has 0 aliphatic heterocycles. The van der Waals surface area contributed by atoms with Crippen molar-refractivity contribution in [2.45, 2.75) is 24.8 Å². The lowest BCUT2D eigenvalue weighted by atomic mass is 10.0. The Labute approximate surface area is 81.5 Å². The van der Waals surface area contributed by atoms with Crippen LogP contribution >= 0.6 is 0 Å². The van der Waals surface area contributed by atoms with Crippen LogP contribution in [-0.2, 0) is 4.79 Å². The topological polar surface area (TPSA) is 81.1 Å². The quantitative estimate of drug-likeness (QED) is 0.726. The molecule has 2 rings (SSSR count). The van der Waals surface area contributed by atoms with Crippen molar-refractivity contribution < 1.29 is 9.90 Å². The Morgan fingerprint density at radius 3 is 3.00 bits per heavy atom. The van der Waals surface area contributed by atoms with Gasteiger partial charge in [-0.05, 0) is 12.8 Å². The number of nitrogens with two attached hydrogens (primary N) is 1. The van der Waals surface area contributed by atoms with Crippen molar-refractivity contribution >= 4 is 5.97 Å². The third kappa shape index (κ3) is 1.63. The molecule has 0 spiro atoms. The standard InChI is InChI=1S/C9H13N3O2/c10-3-8(9(13)14)6-4-11-12(5-6)7-1-2-7/h4-5,7-8H,1-3,10H2,(H,13,14). The average Bonchev–Trinajstić information content (AvgIpc) is 2.88. The monoisotopic (exact) mass is 195 g/mol. The zero-order chi connectivity index (χ0) is 10.1. The Morgan fingerprint density at radius 2 is 2.50 bits per heavy atom. The molecular weight excluding hydrogens is 182 g/mol. The molecule has 5 nitrogen and oxygen atoms in total. The normalized spacial score (nSPS) is 18.1. The summed E-state index contributed by atoms with van der Waals surface area (Å²) in [5.41, 5.74) is 6.09. The zero-order valence-electron chi connectivity index (χ0n) is 7.76. The van der Waals surface area contributed by atoms with Gasteiger partial charge in [-0.1, -0.05) is 0 Å². The molecular formula is C9H13N3O2. The zero-order valence-corrected chi connectivity index (χ0v) is 7.76. The minimum Gasteiger partial charge on any atom is -0.481 e. The first-order valence-corrected chi connectivity index (χ1v) is 4.69. The Morgan fingerprint density at radius 1 is 1.79 bits per heavy atom. The fourth-order valence-electron chi connectivity index (χ4n) is 1.45. The van der Waals surface area contributed by atoms with Gasteiger partial charge in [0, 0.05) is 18.3 Å². The number of hydrogen-bond donors (Lipinski definition) is 2. The van der Waals surface area contributed by atoms with E-state index in [4.69, 9.17) is 10.8 Å². The van der Waals surface area contributed by atoms with E-state index in [2.05, 4.69) is 5.10 Å². The van der Waals surface area contributed by atoms with Crippen molar-refractivity contribution in [1.29, 1.82) is 0 Å². The maximum absolute atomic E-state index is 10.8. The fraction of sp³-hybridized carbons (Fsp3) is 0.556. The van der Waals surface area contributed by atoms with E-state index in [0.29, 0.717) is 11.6 Å². The van der Waals surface area contributed by atoms with Crippen LogP contribution < -0.4 is 5.73 Å². The lowest BCUT2D eigenvalue weighted by Crippen LogP contribution is -2.20. The lowest BCUT2D eigenvalue weighted by Gasteiger charge is -2.05. The molecule has 1 aliphatic rings. The summed E-state index contributed by atoms with van der Waals surface area (Å²) in [5, 5.41) is 13.0. The summed E-state index contributed by atoms with van der Waals surface area (Å²) in [5.74, 6) is -1.51. The Bertz CT molecular complexity index is 344. The number of hydrogen-bond acceptors (Lipinski definition) is 3. The summed E-state index contributed by atoms with van der Waals surface area (Å²) in [7, 11) is 0. The predicted molar refractivity (Wildman–Crippen MR) is 49.9 cm³/mol. The van der Waals surface area contributed by atoms with Gasteiger partial charge in [-0.25, -0.2) is 0 Å². The molecule has 0 saturated heterocycles. The molecule has 0 amide bonds. The van der Waals surface area contributed by atoms with E-state index >= 15 is 0 Å². The van der Waals surface area contributed by atoms with Gasteiger partial charge in [0.15, 0.2) is 0 Å². The molecule has 0 bridgehead atoms. The first kappa shape index (κ1) is 9.21. The molecule has 3 N–H and O–H groups in total. The van der Waals surface area contributed by atoms with Gasteiger partial charge in [0.05, 0.1) is 18.2 Å². The molecule has 1 atom stereocenters. The molecule has 5 heteroatoms. The Hall–Kier alpha value is -1.36. The van der Waals surface area contributed by atoms with Gasteiger partial charge in [-0.3, -0.25) is 9.48 Å². The summed E-state index contributed by atoms with van der Waals surface area (Å²) in [6.45, 7) is 0.117.